The molecular formula is C14H10ClFOS. The molecule has 0 aliphatic heterocycles. The molecule has 2 rings (SSSR count). The summed E-state index contributed by atoms with van der Waals surface area (Å²) in [6, 6.07) is 12.0. The summed E-state index contributed by atoms with van der Waals surface area (Å²) in [5, 5.41) is 0.134. The van der Waals surface area contributed by atoms with Crippen LogP contribution in [0.5, 0.6) is 0 Å². The van der Waals surface area contributed by atoms with Gasteiger partial charge in [0.1, 0.15) is 12.1 Å². The minimum Gasteiger partial charge on any atom is -0.298 e. The van der Waals surface area contributed by atoms with Crippen molar-refractivity contribution in [1.82, 2.24) is 0 Å². The lowest BCUT2D eigenvalue weighted by Gasteiger charge is -2.03. The van der Waals surface area contributed by atoms with Crippen LogP contribution in [0.4, 0.5) is 4.39 Å². The van der Waals surface area contributed by atoms with Gasteiger partial charge in [0.25, 0.3) is 0 Å². The molecule has 0 N–H and O–H groups in total. The SMILES string of the molecule is O=Cc1cccc(SCc2ccc(F)c(Cl)c2)c1. The van der Waals surface area contributed by atoms with E-state index in [1.807, 2.05) is 18.2 Å². The summed E-state index contributed by atoms with van der Waals surface area (Å²) in [4.78, 5) is 11.6. The molecule has 1 nitrogen and oxygen atoms in total. The third kappa shape index (κ3) is 3.34. The van der Waals surface area contributed by atoms with Crippen molar-refractivity contribution in [3.8, 4) is 0 Å². The Labute approximate surface area is 114 Å². The predicted octanol–water partition coefficient (Wildman–Crippen LogP) is 4.58. The molecule has 0 fully saturated rings. The largest absolute Gasteiger partial charge is 0.298 e. The molecule has 4 heteroatoms. The molecule has 0 saturated heterocycles. The van der Waals surface area contributed by atoms with Crippen LogP contribution in [0, 0.1) is 5.82 Å². The average Bonchev–Trinajstić information content (AvgIpc) is 2.40. The summed E-state index contributed by atoms with van der Waals surface area (Å²) in [6.07, 6.45) is 0.818. The smallest absolute Gasteiger partial charge is 0.150 e. The van der Waals surface area contributed by atoms with Crippen LogP contribution in [0.25, 0.3) is 0 Å². The van der Waals surface area contributed by atoms with Crippen molar-refractivity contribution < 1.29 is 9.18 Å². The fraction of sp³-hybridized carbons (Fsp3) is 0.0714. The van der Waals surface area contributed by atoms with Gasteiger partial charge >= 0.3 is 0 Å². The molecule has 0 heterocycles. The van der Waals surface area contributed by atoms with Gasteiger partial charge in [0.05, 0.1) is 5.02 Å². The van der Waals surface area contributed by atoms with E-state index >= 15 is 0 Å². The lowest BCUT2D eigenvalue weighted by atomic mass is 10.2. The molecule has 0 saturated carbocycles. The Balaban J connectivity index is 2.06. The lowest BCUT2D eigenvalue weighted by Crippen LogP contribution is -1.85. The zero-order valence-corrected chi connectivity index (χ0v) is 11.0. The van der Waals surface area contributed by atoms with Crippen LogP contribution in [0.1, 0.15) is 15.9 Å². The molecule has 0 atom stereocenters. The van der Waals surface area contributed by atoms with E-state index in [1.165, 1.54) is 6.07 Å². The van der Waals surface area contributed by atoms with Crippen molar-refractivity contribution in [2.24, 2.45) is 0 Å². The topological polar surface area (TPSA) is 17.1 Å². The Morgan fingerprint density at radius 1 is 1.22 bits per heavy atom. The first-order chi connectivity index (χ1) is 8.69. The molecule has 0 aliphatic carbocycles. The summed E-state index contributed by atoms with van der Waals surface area (Å²) in [5.74, 6) is 0.274. The maximum atomic E-state index is 13.0. The average molecular weight is 281 g/mol. The summed E-state index contributed by atoms with van der Waals surface area (Å²) in [7, 11) is 0. The summed E-state index contributed by atoms with van der Waals surface area (Å²) < 4.78 is 13.0. The van der Waals surface area contributed by atoms with Gasteiger partial charge in [0, 0.05) is 16.2 Å². The summed E-state index contributed by atoms with van der Waals surface area (Å²) in [6.45, 7) is 0. The number of halogens is 2. The van der Waals surface area contributed by atoms with E-state index in [2.05, 4.69) is 0 Å². The zero-order chi connectivity index (χ0) is 13.0. The number of benzene rings is 2. The number of aldehydes is 1. The number of rotatable bonds is 4. The third-order valence-electron chi connectivity index (χ3n) is 2.38. The Morgan fingerprint density at radius 3 is 2.78 bits per heavy atom. The predicted molar refractivity (Wildman–Crippen MR) is 72.8 cm³/mol. The van der Waals surface area contributed by atoms with Crippen LogP contribution >= 0.6 is 23.4 Å². The second kappa shape index (κ2) is 6.03. The van der Waals surface area contributed by atoms with E-state index in [1.54, 1.807) is 30.0 Å². The van der Waals surface area contributed by atoms with Crippen molar-refractivity contribution in [2.45, 2.75) is 10.6 Å². The Morgan fingerprint density at radius 2 is 2.06 bits per heavy atom. The van der Waals surface area contributed by atoms with Gasteiger partial charge in [-0.15, -0.1) is 11.8 Å². The number of hydrogen-bond acceptors (Lipinski definition) is 2. The molecule has 0 radical (unpaired) electrons. The highest BCUT2D eigenvalue weighted by Crippen LogP contribution is 2.25. The zero-order valence-electron chi connectivity index (χ0n) is 9.40. The first-order valence-electron chi connectivity index (χ1n) is 5.31. The van der Waals surface area contributed by atoms with Crippen molar-refractivity contribution >= 4 is 29.6 Å². The molecule has 0 bridgehead atoms. The fourth-order valence-corrected chi connectivity index (χ4v) is 2.58. The van der Waals surface area contributed by atoms with E-state index in [9.17, 15) is 9.18 Å². The number of carbonyl (C=O) groups excluding carboxylic acids is 1. The molecule has 0 amide bonds. The first-order valence-corrected chi connectivity index (χ1v) is 6.67. The van der Waals surface area contributed by atoms with E-state index in [-0.39, 0.29) is 5.02 Å². The quantitative estimate of drug-likeness (QED) is 0.602. The Bertz CT molecular complexity index is 571. The fourth-order valence-electron chi connectivity index (χ4n) is 1.47. The third-order valence-corrected chi connectivity index (χ3v) is 3.74. The normalized spacial score (nSPS) is 10.3. The van der Waals surface area contributed by atoms with Crippen LogP contribution in [-0.2, 0) is 5.75 Å². The van der Waals surface area contributed by atoms with E-state index in [0.29, 0.717) is 11.3 Å². The summed E-state index contributed by atoms with van der Waals surface area (Å²) >= 11 is 7.29. The highest BCUT2D eigenvalue weighted by Gasteiger charge is 2.02. The molecule has 0 aliphatic rings. The number of carbonyl (C=O) groups is 1. The van der Waals surface area contributed by atoms with Crippen molar-refractivity contribution in [1.29, 1.82) is 0 Å². The van der Waals surface area contributed by atoms with Crippen LogP contribution in [-0.4, -0.2) is 6.29 Å². The van der Waals surface area contributed by atoms with Gasteiger partial charge in [-0.25, -0.2) is 4.39 Å². The second-order valence-electron chi connectivity index (χ2n) is 3.73. The standard InChI is InChI=1S/C14H10ClFOS/c15-13-7-11(4-5-14(13)16)9-18-12-3-1-2-10(6-12)8-17/h1-8H,9H2. The summed E-state index contributed by atoms with van der Waals surface area (Å²) in [5.41, 5.74) is 1.60. The van der Waals surface area contributed by atoms with Gasteiger partial charge in [-0.05, 0) is 29.8 Å². The van der Waals surface area contributed by atoms with Crippen molar-refractivity contribution in [2.75, 3.05) is 0 Å². The molecule has 2 aromatic rings. The molecule has 92 valence electrons. The van der Waals surface area contributed by atoms with Gasteiger partial charge < -0.3 is 0 Å². The molecular weight excluding hydrogens is 271 g/mol. The minimum atomic E-state index is -0.409. The van der Waals surface area contributed by atoms with Crippen LogP contribution < -0.4 is 0 Å². The van der Waals surface area contributed by atoms with E-state index < -0.39 is 5.82 Å². The van der Waals surface area contributed by atoms with Gasteiger partial charge in [-0.2, -0.15) is 0 Å². The molecule has 0 unspecified atom stereocenters. The molecule has 18 heavy (non-hydrogen) atoms. The van der Waals surface area contributed by atoms with Crippen LogP contribution in [0.3, 0.4) is 0 Å². The number of thioether (sulfide) groups is 1. The van der Waals surface area contributed by atoms with Gasteiger partial charge in [0.15, 0.2) is 0 Å². The van der Waals surface area contributed by atoms with Crippen LogP contribution in [0.2, 0.25) is 5.02 Å². The second-order valence-corrected chi connectivity index (χ2v) is 5.18. The highest BCUT2D eigenvalue weighted by atomic mass is 35.5. The molecule has 2 aromatic carbocycles. The monoisotopic (exact) mass is 280 g/mol. The minimum absolute atomic E-state index is 0.134. The van der Waals surface area contributed by atoms with Gasteiger partial charge in [-0.3, -0.25) is 4.79 Å². The molecule has 0 spiro atoms. The molecule has 0 aromatic heterocycles. The van der Waals surface area contributed by atoms with Crippen molar-refractivity contribution in [3.63, 3.8) is 0 Å². The highest BCUT2D eigenvalue weighted by molar-refractivity contribution is 7.98. The maximum Gasteiger partial charge on any atom is 0.150 e. The van der Waals surface area contributed by atoms with Gasteiger partial charge in [0.2, 0.25) is 0 Å². The van der Waals surface area contributed by atoms with Crippen molar-refractivity contribution in [3.05, 3.63) is 64.4 Å². The Hall–Kier alpha value is -1.32. The lowest BCUT2D eigenvalue weighted by molar-refractivity contribution is 0.112. The van der Waals surface area contributed by atoms with E-state index in [0.717, 1.165) is 16.7 Å². The first kappa shape index (κ1) is 13.1. The van der Waals surface area contributed by atoms with Crippen LogP contribution in [0.15, 0.2) is 47.4 Å². The van der Waals surface area contributed by atoms with E-state index in [4.69, 9.17) is 11.6 Å². The Kier molecular flexibility index (Phi) is 4.39. The maximum absolute atomic E-state index is 13.0. The van der Waals surface area contributed by atoms with Gasteiger partial charge in [-0.1, -0.05) is 29.8 Å². The number of hydrogen-bond donors (Lipinski definition) is 0.